The van der Waals surface area contributed by atoms with Crippen molar-refractivity contribution >= 4 is 0 Å². The minimum Gasteiger partial charge on any atom is -0.378 e. The molecule has 2 atom stereocenters. The summed E-state index contributed by atoms with van der Waals surface area (Å²) in [6, 6.07) is 9.25. The van der Waals surface area contributed by atoms with Gasteiger partial charge in [-0.3, -0.25) is 0 Å². The smallest absolute Gasteiger partial charge is 0.0519 e. The molecule has 0 aliphatic heterocycles. The summed E-state index contributed by atoms with van der Waals surface area (Å²) in [7, 11) is 2.22. The van der Waals surface area contributed by atoms with E-state index in [0.29, 0.717) is 17.9 Å². The van der Waals surface area contributed by atoms with Crippen LogP contribution < -0.4 is 0 Å². The minimum atomic E-state index is 0.241. The number of rotatable bonds is 7. The lowest BCUT2D eigenvalue weighted by atomic mass is 9.70. The van der Waals surface area contributed by atoms with Crippen molar-refractivity contribution < 1.29 is 4.74 Å². The van der Waals surface area contributed by atoms with Crippen LogP contribution in [0.25, 0.3) is 0 Å². The van der Waals surface area contributed by atoms with Crippen molar-refractivity contribution in [2.75, 3.05) is 20.2 Å². The first-order valence-corrected chi connectivity index (χ1v) is 9.19. The Morgan fingerprint density at radius 1 is 1.22 bits per heavy atom. The van der Waals surface area contributed by atoms with Crippen LogP contribution in [0.1, 0.15) is 64.5 Å². The van der Waals surface area contributed by atoms with E-state index in [0.717, 1.165) is 19.6 Å². The minimum absolute atomic E-state index is 0.241. The normalized spacial score (nSPS) is 21.7. The highest BCUT2D eigenvalue weighted by molar-refractivity contribution is 5.28. The summed E-state index contributed by atoms with van der Waals surface area (Å²) >= 11 is 0. The van der Waals surface area contributed by atoms with E-state index in [1.165, 1.54) is 24.0 Å². The van der Waals surface area contributed by atoms with Gasteiger partial charge < -0.3 is 9.64 Å². The second-order valence-corrected chi connectivity index (χ2v) is 8.41. The molecule has 1 aromatic carbocycles. The maximum Gasteiger partial charge on any atom is 0.0519 e. The summed E-state index contributed by atoms with van der Waals surface area (Å²) in [5.74, 6) is 1.42. The third kappa shape index (κ3) is 5.32. The maximum absolute atomic E-state index is 5.84. The quantitative estimate of drug-likeness (QED) is 0.711. The molecule has 1 aliphatic rings. The van der Waals surface area contributed by atoms with E-state index >= 15 is 0 Å². The zero-order valence-corrected chi connectivity index (χ0v) is 15.9. The van der Waals surface area contributed by atoms with Gasteiger partial charge in [0.25, 0.3) is 0 Å². The average Bonchev–Trinajstić information content (AvgIpc) is 2.42. The first-order valence-electron chi connectivity index (χ1n) is 9.19. The summed E-state index contributed by atoms with van der Waals surface area (Å²) in [5.41, 5.74) is 3.23. The van der Waals surface area contributed by atoms with Gasteiger partial charge in [0.1, 0.15) is 0 Å². The predicted molar refractivity (Wildman–Crippen MR) is 99.1 cm³/mol. The molecule has 2 nitrogen and oxygen atoms in total. The monoisotopic (exact) mass is 317 g/mol. The molecule has 1 saturated carbocycles. The second kappa shape index (κ2) is 7.81. The Balaban J connectivity index is 1.92. The standard InChI is InChI=1S/C21H35NO/c1-16(2)23-15-19-10-11-20(19)18-9-7-8-17(14-18)12-13-22(6)21(3,4)5/h7-9,14,16,19-20H,10-13,15H2,1-6H3. The maximum atomic E-state index is 5.84. The molecule has 1 fully saturated rings. The molecule has 23 heavy (non-hydrogen) atoms. The van der Waals surface area contributed by atoms with Crippen LogP contribution in [0.15, 0.2) is 24.3 Å². The van der Waals surface area contributed by atoms with Crippen molar-refractivity contribution in [3.05, 3.63) is 35.4 Å². The van der Waals surface area contributed by atoms with Gasteiger partial charge in [-0.25, -0.2) is 0 Å². The van der Waals surface area contributed by atoms with Crippen LogP contribution >= 0.6 is 0 Å². The van der Waals surface area contributed by atoms with Gasteiger partial charge in [-0.15, -0.1) is 0 Å². The number of hydrogen-bond donors (Lipinski definition) is 0. The molecule has 0 heterocycles. The summed E-state index contributed by atoms with van der Waals surface area (Å²) in [4.78, 5) is 2.43. The highest BCUT2D eigenvalue weighted by atomic mass is 16.5. The van der Waals surface area contributed by atoms with Crippen molar-refractivity contribution in [1.82, 2.24) is 4.90 Å². The van der Waals surface area contributed by atoms with Crippen LogP contribution in [0.4, 0.5) is 0 Å². The van der Waals surface area contributed by atoms with Crippen LogP contribution in [0, 0.1) is 5.92 Å². The summed E-state index contributed by atoms with van der Waals surface area (Å²) in [5, 5.41) is 0. The van der Waals surface area contributed by atoms with Crippen LogP contribution in [0.5, 0.6) is 0 Å². The largest absolute Gasteiger partial charge is 0.378 e. The Morgan fingerprint density at radius 3 is 2.52 bits per heavy atom. The third-order valence-corrected chi connectivity index (χ3v) is 5.32. The lowest BCUT2D eigenvalue weighted by Crippen LogP contribution is -2.39. The Morgan fingerprint density at radius 2 is 1.96 bits per heavy atom. The van der Waals surface area contributed by atoms with Crippen LogP contribution in [-0.2, 0) is 11.2 Å². The zero-order chi connectivity index (χ0) is 17.0. The van der Waals surface area contributed by atoms with Gasteiger partial charge in [-0.2, -0.15) is 0 Å². The second-order valence-electron chi connectivity index (χ2n) is 8.41. The van der Waals surface area contributed by atoms with Gasteiger partial charge in [-0.1, -0.05) is 24.3 Å². The van der Waals surface area contributed by atoms with Crippen molar-refractivity contribution in [2.24, 2.45) is 5.92 Å². The van der Waals surface area contributed by atoms with Crippen LogP contribution in [-0.4, -0.2) is 36.7 Å². The average molecular weight is 318 g/mol. The van der Waals surface area contributed by atoms with Gasteiger partial charge in [0, 0.05) is 12.1 Å². The Hall–Kier alpha value is -0.860. The third-order valence-electron chi connectivity index (χ3n) is 5.32. The van der Waals surface area contributed by atoms with Crippen molar-refractivity contribution in [1.29, 1.82) is 0 Å². The van der Waals surface area contributed by atoms with Gasteiger partial charge >= 0.3 is 0 Å². The van der Waals surface area contributed by atoms with E-state index < -0.39 is 0 Å². The lowest BCUT2D eigenvalue weighted by molar-refractivity contribution is 0.0195. The molecule has 2 rings (SSSR count). The molecule has 2 unspecified atom stereocenters. The van der Waals surface area contributed by atoms with E-state index in [-0.39, 0.29) is 5.54 Å². The van der Waals surface area contributed by atoms with Gasteiger partial charge in [0.15, 0.2) is 0 Å². The Kier molecular flexibility index (Phi) is 6.27. The van der Waals surface area contributed by atoms with Crippen molar-refractivity contribution in [3.8, 4) is 0 Å². The molecule has 0 amide bonds. The molecule has 1 aromatic rings. The van der Waals surface area contributed by atoms with E-state index in [1.54, 1.807) is 0 Å². The number of likely N-dealkylation sites (N-methyl/N-ethyl adjacent to an activating group) is 1. The van der Waals surface area contributed by atoms with Gasteiger partial charge in [-0.05, 0) is 83.9 Å². The number of hydrogen-bond acceptors (Lipinski definition) is 2. The molecule has 130 valence electrons. The highest BCUT2D eigenvalue weighted by Crippen LogP contribution is 2.42. The molecular formula is C21H35NO. The SMILES string of the molecule is CC(C)OCC1CCC1c1cccc(CCN(C)C(C)(C)C)c1. The lowest BCUT2D eigenvalue weighted by Gasteiger charge is -2.37. The van der Waals surface area contributed by atoms with E-state index in [9.17, 15) is 0 Å². The summed E-state index contributed by atoms with van der Waals surface area (Å²) in [6.45, 7) is 13.1. The van der Waals surface area contributed by atoms with Crippen LogP contribution in [0.2, 0.25) is 0 Å². The zero-order valence-electron chi connectivity index (χ0n) is 15.9. The molecule has 0 bridgehead atoms. The molecule has 2 heteroatoms. The summed E-state index contributed by atoms with van der Waals surface area (Å²) in [6.07, 6.45) is 4.10. The fourth-order valence-electron chi connectivity index (χ4n) is 3.13. The highest BCUT2D eigenvalue weighted by Gasteiger charge is 2.32. The fraction of sp³-hybridized carbons (Fsp3) is 0.714. The first-order chi connectivity index (χ1) is 10.8. The number of benzene rings is 1. The number of ether oxygens (including phenoxy) is 1. The fourth-order valence-corrected chi connectivity index (χ4v) is 3.13. The molecule has 0 radical (unpaired) electrons. The van der Waals surface area contributed by atoms with Crippen LogP contribution in [0.3, 0.4) is 0 Å². The van der Waals surface area contributed by atoms with E-state index in [1.807, 2.05) is 0 Å². The molecule has 0 aromatic heterocycles. The number of nitrogens with zero attached hydrogens (tertiary/aromatic N) is 1. The molecular weight excluding hydrogens is 282 g/mol. The van der Waals surface area contributed by atoms with Gasteiger partial charge in [0.05, 0.1) is 12.7 Å². The predicted octanol–water partition coefficient (Wildman–Crippen LogP) is 4.88. The van der Waals surface area contributed by atoms with E-state index in [4.69, 9.17) is 4.74 Å². The molecule has 0 saturated heterocycles. The topological polar surface area (TPSA) is 12.5 Å². The first kappa shape index (κ1) is 18.5. The molecule has 0 N–H and O–H groups in total. The molecule has 0 spiro atoms. The van der Waals surface area contributed by atoms with E-state index in [2.05, 4.69) is 70.8 Å². The Labute approximate surface area is 143 Å². The summed E-state index contributed by atoms with van der Waals surface area (Å²) < 4.78 is 5.84. The van der Waals surface area contributed by atoms with Crippen molar-refractivity contribution in [2.45, 2.75) is 71.4 Å². The van der Waals surface area contributed by atoms with Gasteiger partial charge in [0.2, 0.25) is 0 Å². The molecule has 1 aliphatic carbocycles. The van der Waals surface area contributed by atoms with Crippen molar-refractivity contribution in [3.63, 3.8) is 0 Å². The Bertz CT molecular complexity index is 489.